The third kappa shape index (κ3) is 3.23. The fourth-order valence-electron chi connectivity index (χ4n) is 1.75. The second kappa shape index (κ2) is 6.02. The normalized spacial score (nSPS) is 9.90. The van der Waals surface area contributed by atoms with Crippen molar-refractivity contribution in [3.8, 4) is 0 Å². The summed E-state index contributed by atoms with van der Waals surface area (Å²) in [6.07, 6.45) is 0. The zero-order valence-electron chi connectivity index (χ0n) is 11.5. The summed E-state index contributed by atoms with van der Waals surface area (Å²) in [5, 5.41) is 2.79. The summed E-state index contributed by atoms with van der Waals surface area (Å²) in [6, 6.07) is 15.8. The first-order chi connectivity index (χ1) is 9.58. The number of rotatable bonds is 3. The van der Waals surface area contributed by atoms with E-state index in [1.54, 1.807) is 50.5 Å². The zero-order chi connectivity index (χ0) is 14.5. The third-order valence-electron chi connectivity index (χ3n) is 2.83. The first-order valence-electron chi connectivity index (χ1n) is 6.26. The molecule has 0 aliphatic rings. The number of carbonyl (C=O) groups is 2. The van der Waals surface area contributed by atoms with Crippen LogP contribution in [-0.4, -0.2) is 30.8 Å². The molecule has 4 heteroatoms. The van der Waals surface area contributed by atoms with Gasteiger partial charge in [0.2, 0.25) is 0 Å². The summed E-state index contributed by atoms with van der Waals surface area (Å²) in [5.41, 5.74) is 1.85. The van der Waals surface area contributed by atoms with Crippen LogP contribution in [0.25, 0.3) is 0 Å². The van der Waals surface area contributed by atoms with Crippen LogP contribution >= 0.6 is 0 Å². The highest BCUT2D eigenvalue weighted by Crippen LogP contribution is 2.12. The molecule has 0 aliphatic heterocycles. The van der Waals surface area contributed by atoms with Gasteiger partial charge >= 0.3 is 0 Å². The summed E-state index contributed by atoms with van der Waals surface area (Å²) >= 11 is 0. The van der Waals surface area contributed by atoms with Gasteiger partial charge < -0.3 is 10.2 Å². The largest absolute Gasteiger partial charge is 0.345 e. The van der Waals surface area contributed by atoms with Crippen LogP contribution < -0.4 is 5.32 Å². The van der Waals surface area contributed by atoms with Gasteiger partial charge in [-0.15, -0.1) is 0 Å². The molecule has 20 heavy (non-hydrogen) atoms. The van der Waals surface area contributed by atoms with E-state index < -0.39 is 0 Å². The van der Waals surface area contributed by atoms with E-state index in [1.807, 2.05) is 18.2 Å². The number of benzene rings is 2. The van der Waals surface area contributed by atoms with E-state index in [-0.39, 0.29) is 11.8 Å². The van der Waals surface area contributed by atoms with E-state index in [2.05, 4.69) is 5.32 Å². The Morgan fingerprint density at radius 3 is 2.00 bits per heavy atom. The summed E-state index contributed by atoms with van der Waals surface area (Å²) < 4.78 is 0. The molecule has 0 saturated carbocycles. The van der Waals surface area contributed by atoms with Crippen molar-refractivity contribution < 1.29 is 9.59 Å². The molecular formula is C16H16N2O2. The quantitative estimate of drug-likeness (QED) is 0.930. The van der Waals surface area contributed by atoms with E-state index in [0.29, 0.717) is 16.8 Å². The summed E-state index contributed by atoms with van der Waals surface area (Å²) in [4.78, 5) is 25.2. The van der Waals surface area contributed by atoms with Gasteiger partial charge in [0.25, 0.3) is 11.8 Å². The molecule has 2 aromatic rings. The fraction of sp³-hybridized carbons (Fsp3) is 0.125. The van der Waals surface area contributed by atoms with Gasteiger partial charge in [0, 0.05) is 30.9 Å². The Balaban J connectivity index is 2.08. The summed E-state index contributed by atoms with van der Waals surface area (Å²) in [7, 11) is 3.40. The fourth-order valence-corrected chi connectivity index (χ4v) is 1.75. The first-order valence-corrected chi connectivity index (χ1v) is 6.26. The van der Waals surface area contributed by atoms with E-state index in [0.717, 1.165) is 0 Å². The van der Waals surface area contributed by atoms with Gasteiger partial charge in [-0.25, -0.2) is 0 Å². The molecule has 0 aliphatic carbocycles. The minimum absolute atomic E-state index is 0.0639. The highest BCUT2D eigenvalue weighted by Gasteiger charge is 2.08. The minimum Gasteiger partial charge on any atom is -0.345 e. The van der Waals surface area contributed by atoms with Crippen LogP contribution in [0.15, 0.2) is 54.6 Å². The van der Waals surface area contributed by atoms with Crippen LogP contribution in [0.1, 0.15) is 20.7 Å². The standard InChI is InChI=1S/C16H16N2O2/c1-18(2)16(20)13-8-10-14(11-9-13)17-15(19)12-6-4-3-5-7-12/h3-11H,1-2H3,(H,17,19). The molecule has 0 atom stereocenters. The molecule has 0 aromatic heterocycles. The maximum Gasteiger partial charge on any atom is 0.255 e. The van der Waals surface area contributed by atoms with Crippen molar-refractivity contribution in [1.29, 1.82) is 0 Å². The van der Waals surface area contributed by atoms with Crippen molar-refractivity contribution in [2.24, 2.45) is 0 Å². The predicted octanol–water partition coefficient (Wildman–Crippen LogP) is 2.64. The van der Waals surface area contributed by atoms with Gasteiger partial charge in [0.1, 0.15) is 0 Å². The van der Waals surface area contributed by atoms with Gasteiger partial charge in [-0.2, -0.15) is 0 Å². The summed E-state index contributed by atoms with van der Waals surface area (Å²) in [6.45, 7) is 0. The van der Waals surface area contributed by atoms with Gasteiger partial charge in [-0.3, -0.25) is 9.59 Å². The Morgan fingerprint density at radius 1 is 0.850 bits per heavy atom. The average Bonchev–Trinajstić information content (AvgIpc) is 2.48. The van der Waals surface area contributed by atoms with Crippen LogP contribution in [0.3, 0.4) is 0 Å². The lowest BCUT2D eigenvalue weighted by atomic mass is 10.1. The Bertz CT molecular complexity index is 604. The predicted molar refractivity (Wildman–Crippen MR) is 78.9 cm³/mol. The van der Waals surface area contributed by atoms with Crippen molar-refractivity contribution in [2.45, 2.75) is 0 Å². The lowest BCUT2D eigenvalue weighted by molar-refractivity contribution is 0.0827. The molecule has 2 amide bonds. The number of amides is 2. The van der Waals surface area contributed by atoms with Crippen molar-refractivity contribution in [3.63, 3.8) is 0 Å². The Kier molecular flexibility index (Phi) is 4.15. The minimum atomic E-state index is -0.169. The maximum atomic E-state index is 12.0. The lowest BCUT2D eigenvalue weighted by Gasteiger charge is -2.11. The van der Waals surface area contributed by atoms with Crippen LogP contribution in [0.2, 0.25) is 0 Å². The monoisotopic (exact) mass is 268 g/mol. The van der Waals surface area contributed by atoms with E-state index in [9.17, 15) is 9.59 Å². The van der Waals surface area contributed by atoms with Gasteiger partial charge in [0.15, 0.2) is 0 Å². The molecular weight excluding hydrogens is 252 g/mol. The highest BCUT2D eigenvalue weighted by molar-refractivity contribution is 6.04. The van der Waals surface area contributed by atoms with Crippen molar-refractivity contribution in [3.05, 3.63) is 65.7 Å². The number of hydrogen-bond acceptors (Lipinski definition) is 2. The molecule has 0 bridgehead atoms. The summed E-state index contributed by atoms with van der Waals surface area (Å²) in [5.74, 6) is -0.233. The first kappa shape index (κ1) is 13.8. The molecule has 0 radical (unpaired) electrons. The molecule has 0 saturated heterocycles. The van der Waals surface area contributed by atoms with E-state index in [1.165, 1.54) is 4.90 Å². The molecule has 4 nitrogen and oxygen atoms in total. The Hall–Kier alpha value is -2.62. The average molecular weight is 268 g/mol. The highest BCUT2D eigenvalue weighted by atomic mass is 16.2. The molecule has 0 heterocycles. The Morgan fingerprint density at radius 2 is 1.45 bits per heavy atom. The molecule has 2 rings (SSSR count). The number of nitrogens with zero attached hydrogens (tertiary/aromatic N) is 1. The van der Waals surface area contributed by atoms with Crippen LogP contribution in [0.4, 0.5) is 5.69 Å². The van der Waals surface area contributed by atoms with Crippen molar-refractivity contribution in [1.82, 2.24) is 4.90 Å². The molecule has 0 spiro atoms. The molecule has 0 unspecified atom stereocenters. The molecule has 1 N–H and O–H groups in total. The molecule has 2 aromatic carbocycles. The number of nitrogens with one attached hydrogen (secondary N) is 1. The third-order valence-corrected chi connectivity index (χ3v) is 2.83. The van der Waals surface area contributed by atoms with Gasteiger partial charge in [0.05, 0.1) is 0 Å². The molecule has 102 valence electrons. The maximum absolute atomic E-state index is 12.0. The Labute approximate surface area is 118 Å². The topological polar surface area (TPSA) is 49.4 Å². The molecule has 0 fully saturated rings. The zero-order valence-corrected chi connectivity index (χ0v) is 11.5. The van der Waals surface area contributed by atoms with E-state index in [4.69, 9.17) is 0 Å². The van der Waals surface area contributed by atoms with Gasteiger partial charge in [-0.05, 0) is 36.4 Å². The van der Waals surface area contributed by atoms with Crippen LogP contribution in [0, 0.1) is 0 Å². The van der Waals surface area contributed by atoms with Gasteiger partial charge in [-0.1, -0.05) is 18.2 Å². The number of carbonyl (C=O) groups excluding carboxylic acids is 2. The van der Waals surface area contributed by atoms with Crippen LogP contribution in [-0.2, 0) is 0 Å². The SMILES string of the molecule is CN(C)C(=O)c1ccc(NC(=O)c2ccccc2)cc1. The second-order valence-corrected chi connectivity index (χ2v) is 4.60. The second-order valence-electron chi connectivity index (χ2n) is 4.60. The number of hydrogen-bond donors (Lipinski definition) is 1. The van der Waals surface area contributed by atoms with E-state index >= 15 is 0 Å². The van der Waals surface area contributed by atoms with Crippen molar-refractivity contribution >= 4 is 17.5 Å². The number of anilines is 1. The van der Waals surface area contributed by atoms with Crippen molar-refractivity contribution in [2.75, 3.05) is 19.4 Å². The van der Waals surface area contributed by atoms with Crippen LogP contribution in [0.5, 0.6) is 0 Å². The smallest absolute Gasteiger partial charge is 0.255 e. The lowest BCUT2D eigenvalue weighted by Crippen LogP contribution is -2.21.